The average molecular weight is 290 g/mol. The number of nitrogens with two attached hydrogens (primary N) is 1. The maximum absolute atomic E-state index is 12.2. The van der Waals surface area contributed by atoms with E-state index in [1.807, 2.05) is 36.9 Å². The summed E-state index contributed by atoms with van der Waals surface area (Å²) in [5, 5.41) is 0. The minimum Gasteiger partial charge on any atom is -0.373 e. The van der Waals surface area contributed by atoms with Crippen LogP contribution in [0.2, 0.25) is 0 Å². The molecule has 4 heteroatoms. The molecule has 2 rings (SSSR count). The minimum absolute atomic E-state index is 0.0755. The largest absolute Gasteiger partial charge is 0.373 e. The summed E-state index contributed by atoms with van der Waals surface area (Å²) in [4.78, 5) is 14.1. The molecule has 0 unspecified atom stereocenters. The van der Waals surface area contributed by atoms with Crippen LogP contribution in [0, 0.1) is 5.92 Å². The van der Waals surface area contributed by atoms with Crippen LogP contribution in [0.5, 0.6) is 0 Å². The summed E-state index contributed by atoms with van der Waals surface area (Å²) in [5.41, 5.74) is 7.13. The van der Waals surface area contributed by atoms with Crippen molar-refractivity contribution in [2.45, 2.75) is 45.4 Å². The van der Waals surface area contributed by atoms with E-state index < -0.39 is 0 Å². The molecule has 1 heterocycles. The predicted octanol–water partition coefficient (Wildman–Crippen LogP) is 2.18. The third-order valence-electron chi connectivity index (χ3n) is 4.09. The van der Waals surface area contributed by atoms with E-state index in [0.717, 1.165) is 25.9 Å². The number of amides is 1. The van der Waals surface area contributed by atoms with E-state index in [9.17, 15) is 4.79 Å². The second-order valence-electron chi connectivity index (χ2n) is 6.09. The Kier molecular flexibility index (Phi) is 5.76. The Labute approximate surface area is 127 Å². The van der Waals surface area contributed by atoms with Crippen LogP contribution >= 0.6 is 0 Å². The average Bonchev–Trinajstić information content (AvgIpc) is 2.53. The Morgan fingerprint density at radius 2 is 1.90 bits per heavy atom. The molecule has 0 aromatic heterocycles. The van der Waals surface area contributed by atoms with E-state index in [-0.39, 0.29) is 24.0 Å². The van der Waals surface area contributed by atoms with Gasteiger partial charge < -0.3 is 15.4 Å². The molecule has 1 fully saturated rings. The maximum atomic E-state index is 12.2. The number of piperidine rings is 1. The Morgan fingerprint density at radius 3 is 2.48 bits per heavy atom. The maximum Gasteiger partial charge on any atom is 0.239 e. The molecular formula is C17H26N2O2. The fraction of sp³-hybridized carbons (Fsp3) is 0.588. The minimum atomic E-state index is -0.383. The van der Waals surface area contributed by atoms with Crippen molar-refractivity contribution in [1.29, 1.82) is 0 Å². The molecule has 0 spiro atoms. The van der Waals surface area contributed by atoms with Crippen LogP contribution in [0.4, 0.5) is 0 Å². The Morgan fingerprint density at radius 1 is 1.29 bits per heavy atom. The lowest BCUT2D eigenvalue weighted by atomic mass is 10.0. The lowest BCUT2D eigenvalue weighted by Gasteiger charge is -2.34. The van der Waals surface area contributed by atoms with Gasteiger partial charge in [0, 0.05) is 13.1 Å². The fourth-order valence-electron chi connectivity index (χ4n) is 2.53. The third kappa shape index (κ3) is 4.55. The van der Waals surface area contributed by atoms with Gasteiger partial charge in [0.25, 0.3) is 0 Å². The lowest BCUT2D eigenvalue weighted by molar-refractivity contribution is -0.136. The van der Waals surface area contributed by atoms with Crippen molar-refractivity contribution in [2.75, 3.05) is 13.1 Å². The summed E-state index contributed by atoms with van der Waals surface area (Å²) in [7, 11) is 0. The van der Waals surface area contributed by atoms with Gasteiger partial charge in [-0.05, 0) is 24.3 Å². The van der Waals surface area contributed by atoms with E-state index in [0.29, 0.717) is 6.61 Å². The van der Waals surface area contributed by atoms with Crippen molar-refractivity contribution in [3.05, 3.63) is 35.9 Å². The van der Waals surface area contributed by atoms with Crippen LogP contribution in [0.3, 0.4) is 0 Å². The van der Waals surface area contributed by atoms with Gasteiger partial charge in [-0.3, -0.25) is 4.79 Å². The van der Waals surface area contributed by atoms with E-state index >= 15 is 0 Å². The molecule has 1 aromatic carbocycles. The van der Waals surface area contributed by atoms with Gasteiger partial charge in [-0.1, -0.05) is 44.2 Å². The Balaban J connectivity index is 1.74. The van der Waals surface area contributed by atoms with Gasteiger partial charge >= 0.3 is 0 Å². The second kappa shape index (κ2) is 7.57. The molecule has 0 bridgehead atoms. The van der Waals surface area contributed by atoms with E-state index in [1.54, 1.807) is 0 Å². The number of benzene rings is 1. The molecule has 0 saturated carbocycles. The zero-order valence-electron chi connectivity index (χ0n) is 13.0. The highest BCUT2D eigenvalue weighted by molar-refractivity contribution is 5.82. The van der Waals surface area contributed by atoms with Crippen LogP contribution in [-0.2, 0) is 16.1 Å². The fourth-order valence-corrected chi connectivity index (χ4v) is 2.53. The van der Waals surface area contributed by atoms with Crippen LogP contribution < -0.4 is 5.73 Å². The normalized spacial score (nSPS) is 18.0. The Bertz CT molecular complexity index is 439. The van der Waals surface area contributed by atoms with Gasteiger partial charge in [0.2, 0.25) is 5.91 Å². The standard InChI is InChI=1S/C17H26N2O2/c1-13(2)16(18)17(20)19-10-8-15(9-11-19)21-12-14-6-4-3-5-7-14/h3-7,13,15-16H,8-12,18H2,1-2H3/t16-/m0/s1. The first kappa shape index (κ1) is 16.0. The molecule has 1 aromatic rings. The number of ether oxygens (including phenoxy) is 1. The second-order valence-corrected chi connectivity index (χ2v) is 6.09. The smallest absolute Gasteiger partial charge is 0.239 e. The van der Waals surface area contributed by atoms with Crippen LogP contribution in [0.15, 0.2) is 30.3 Å². The van der Waals surface area contributed by atoms with Crippen molar-refractivity contribution >= 4 is 5.91 Å². The molecular weight excluding hydrogens is 264 g/mol. The molecule has 1 saturated heterocycles. The molecule has 1 amide bonds. The molecule has 2 N–H and O–H groups in total. The number of likely N-dealkylation sites (tertiary alicyclic amines) is 1. The number of rotatable bonds is 5. The van der Waals surface area contributed by atoms with Gasteiger partial charge in [0.05, 0.1) is 18.8 Å². The van der Waals surface area contributed by atoms with Crippen molar-refractivity contribution in [1.82, 2.24) is 4.90 Å². The summed E-state index contributed by atoms with van der Waals surface area (Å²) >= 11 is 0. The molecule has 0 aliphatic carbocycles. The topological polar surface area (TPSA) is 55.6 Å². The molecule has 4 nitrogen and oxygen atoms in total. The lowest BCUT2D eigenvalue weighted by Crippen LogP contribution is -2.50. The number of carbonyl (C=O) groups is 1. The van der Waals surface area contributed by atoms with E-state index in [2.05, 4.69) is 12.1 Å². The van der Waals surface area contributed by atoms with Gasteiger partial charge in [0.15, 0.2) is 0 Å². The third-order valence-corrected chi connectivity index (χ3v) is 4.09. The first-order chi connectivity index (χ1) is 10.1. The summed E-state index contributed by atoms with van der Waals surface area (Å²) in [6, 6.07) is 9.80. The first-order valence-corrected chi connectivity index (χ1v) is 7.78. The summed E-state index contributed by atoms with van der Waals surface area (Å²) in [5.74, 6) is 0.260. The van der Waals surface area contributed by atoms with Gasteiger partial charge in [-0.2, -0.15) is 0 Å². The molecule has 0 radical (unpaired) electrons. The number of hydrogen-bond donors (Lipinski definition) is 1. The SMILES string of the molecule is CC(C)[C@H](N)C(=O)N1CCC(OCc2ccccc2)CC1. The van der Waals surface area contributed by atoms with E-state index in [4.69, 9.17) is 10.5 Å². The number of hydrogen-bond acceptors (Lipinski definition) is 3. The monoisotopic (exact) mass is 290 g/mol. The van der Waals surface area contributed by atoms with Gasteiger partial charge in [0.1, 0.15) is 0 Å². The first-order valence-electron chi connectivity index (χ1n) is 7.78. The molecule has 116 valence electrons. The number of nitrogens with zero attached hydrogens (tertiary/aromatic N) is 1. The summed E-state index contributed by atoms with van der Waals surface area (Å²) in [6.45, 7) is 6.11. The van der Waals surface area contributed by atoms with Crippen LogP contribution in [0.25, 0.3) is 0 Å². The number of carbonyl (C=O) groups excluding carboxylic acids is 1. The molecule has 21 heavy (non-hydrogen) atoms. The van der Waals surface area contributed by atoms with Gasteiger partial charge in [-0.15, -0.1) is 0 Å². The zero-order valence-corrected chi connectivity index (χ0v) is 13.0. The summed E-state index contributed by atoms with van der Waals surface area (Å²) in [6.07, 6.45) is 2.02. The Hall–Kier alpha value is -1.39. The zero-order chi connectivity index (χ0) is 15.2. The van der Waals surface area contributed by atoms with Crippen LogP contribution in [0.1, 0.15) is 32.3 Å². The van der Waals surface area contributed by atoms with E-state index in [1.165, 1.54) is 5.56 Å². The molecule has 1 atom stereocenters. The van der Waals surface area contributed by atoms with Crippen molar-refractivity contribution in [2.24, 2.45) is 11.7 Å². The molecule has 1 aliphatic heterocycles. The van der Waals surface area contributed by atoms with Crippen molar-refractivity contribution in [3.8, 4) is 0 Å². The van der Waals surface area contributed by atoms with Gasteiger partial charge in [-0.25, -0.2) is 0 Å². The predicted molar refractivity (Wildman–Crippen MR) is 83.6 cm³/mol. The quantitative estimate of drug-likeness (QED) is 0.904. The van der Waals surface area contributed by atoms with Crippen molar-refractivity contribution in [3.63, 3.8) is 0 Å². The van der Waals surface area contributed by atoms with Crippen molar-refractivity contribution < 1.29 is 9.53 Å². The highest BCUT2D eigenvalue weighted by atomic mass is 16.5. The molecule has 1 aliphatic rings. The van der Waals surface area contributed by atoms with Crippen LogP contribution in [-0.4, -0.2) is 36.0 Å². The highest BCUT2D eigenvalue weighted by Crippen LogP contribution is 2.17. The highest BCUT2D eigenvalue weighted by Gasteiger charge is 2.27. The summed E-state index contributed by atoms with van der Waals surface area (Å²) < 4.78 is 5.94.